The molecule has 36 heavy (non-hydrogen) atoms. The van der Waals surface area contributed by atoms with Crippen LogP contribution in [0.15, 0.2) is 24.3 Å². The Balaban J connectivity index is 1.45. The summed E-state index contributed by atoms with van der Waals surface area (Å²) in [4.78, 5) is 20.5. The topological polar surface area (TPSA) is 79.2 Å². The number of phosphoric ester groups is 1. The Morgan fingerprint density at radius 3 is 1.64 bits per heavy atom. The predicted molar refractivity (Wildman–Crippen MR) is 148 cm³/mol. The number of hydrogen-bond acceptors (Lipinski definition) is 4. The van der Waals surface area contributed by atoms with Crippen LogP contribution in [0, 0.1) is 0 Å². The number of hydrogen-bond donors (Lipinski definition) is 2. The molecule has 1 atom stereocenters. The first-order valence-electron chi connectivity index (χ1n) is 14.6. The van der Waals surface area contributed by atoms with E-state index in [-0.39, 0.29) is 12.6 Å². The fourth-order valence-corrected chi connectivity index (χ4v) is 5.40. The smallest absolute Gasteiger partial charge is 0.380 e. The highest BCUT2D eigenvalue weighted by molar-refractivity contribution is 7.46. The molecule has 0 fully saturated rings. The largest absolute Gasteiger partial charge is 0.469 e. The van der Waals surface area contributed by atoms with Crippen molar-refractivity contribution < 1.29 is 23.6 Å². The number of phosphoric acid groups is 1. The van der Waals surface area contributed by atoms with Crippen molar-refractivity contribution in [1.29, 1.82) is 0 Å². The van der Waals surface area contributed by atoms with Gasteiger partial charge in [0.2, 0.25) is 0 Å². The van der Waals surface area contributed by atoms with Gasteiger partial charge in [-0.1, -0.05) is 128 Å². The molecule has 0 aliphatic carbocycles. The van der Waals surface area contributed by atoms with Crippen molar-refractivity contribution in [3.63, 3.8) is 0 Å². The van der Waals surface area contributed by atoms with Crippen LogP contribution in [-0.4, -0.2) is 40.5 Å². The van der Waals surface area contributed by atoms with Crippen LogP contribution in [-0.2, 0) is 26.9 Å². The first kappa shape index (κ1) is 31.5. The molecule has 1 aromatic carbocycles. The Morgan fingerprint density at radius 2 is 1.19 bits per heavy atom. The average Bonchev–Trinajstić information content (AvgIpc) is 3.28. The molecule has 2 rings (SSSR count). The van der Waals surface area contributed by atoms with Gasteiger partial charge in [0.1, 0.15) is 0 Å². The van der Waals surface area contributed by atoms with Gasteiger partial charge in [0.15, 0.2) is 0 Å². The Hall–Kier alpha value is -0.750. The van der Waals surface area contributed by atoms with Crippen LogP contribution < -0.4 is 0 Å². The summed E-state index contributed by atoms with van der Waals surface area (Å²) in [7, 11) is -4.49. The summed E-state index contributed by atoms with van der Waals surface area (Å²) in [5.41, 5.74) is 2.52. The highest BCUT2D eigenvalue weighted by atomic mass is 31.2. The van der Waals surface area contributed by atoms with E-state index in [0.29, 0.717) is 13.2 Å². The second kappa shape index (κ2) is 19.3. The molecule has 0 amide bonds. The highest BCUT2D eigenvalue weighted by Crippen LogP contribution is 2.36. The van der Waals surface area contributed by atoms with E-state index < -0.39 is 7.82 Å². The number of rotatable bonds is 23. The normalized spacial score (nSPS) is 14.9. The van der Waals surface area contributed by atoms with Gasteiger partial charge < -0.3 is 14.5 Å². The maximum atomic E-state index is 11.2. The van der Waals surface area contributed by atoms with Crippen LogP contribution in [0.25, 0.3) is 0 Å². The monoisotopic (exact) mass is 525 g/mol. The standard InChI is InChI=1S/C29H52NO5P/c1-2-3-4-5-6-7-8-9-10-11-12-13-14-15-16-19-22-34-25-29(26-35-36(31,32)33)30-23-27-20-17-18-21-28(27)24-30/h17-18,20-21,29H,2-16,19,22-26H2,1H3,(H2,31,32,33)/t29-/m1/s1. The Morgan fingerprint density at radius 1 is 0.750 bits per heavy atom. The van der Waals surface area contributed by atoms with Crippen molar-refractivity contribution in [2.45, 2.75) is 129 Å². The second-order valence-electron chi connectivity index (χ2n) is 10.5. The number of fused-ring (bicyclic) bond motifs is 1. The molecular formula is C29H52NO5P. The number of ether oxygens (including phenoxy) is 1. The molecule has 0 spiro atoms. The van der Waals surface area contributed by atoms with Crippen molar-refractivity contribution in [1.82, 2.24) is 4.90 Å². The SMILES string of the molecule is CCCCCCCCCCCCCCCCCCOC[C@H](COP(=O)(O)O)N1Cc2ccccc2C1. The van der Waals surface area contributed by atoms with Crippen LogP contribution in [0.1, 0.15) is 121 Å². The maximum absolute atomic E-state index is 11.2. The minimum absolute atomic E-state index is 0.0305. The van der Waals surface area contributed by atoms with Crippen LogP contribution in [0.5, 0.6) is 0 Å². The molecule has 1 aliphatic rings. The molecule has 2 N–H and O–H groups in total. The van der Waals surface area contributed by atoms with Crippen LogP contribution >= 0.6 is 7.82 Å². The van der Waals surface area contributed by atoms with E-state index in [1.165, 1.54) is 107 Å². The van der Waals surface area contributed by atoms with E-state index in [2.05, 4.69) is 24.0 Å². The summed E-state index contributed by atoms with van der Waals surface area (Å²) in [5.74, 6) is 0. The Labute approximate surface area is 220 Å². The molecule has 6 nitrogen and oxygen atoms in total. The van der Waals surface area contributed by atoms with E-state index in [4.69, 9.17) is 19.0 Å². The number of nitrogens with zero attached hydrogens (tertiary/aromatic N) is 1. The van der Waals surface area contributed by atoms with Crippen molar-refractivity contribution in [3.05, 3.63) is 35.4 Å². The molecule has 7 heteroatoms. The van der Waals surface area contributed by atoms with Gasteiger partial charge in [-0.2, -0.15) is 0 Å². The zero-order chi connectivity index (χ0) is 25.9. The van der Waals surface area contributed by atoms with Gasteiger partial charge in [-0.3, -0.25) is 9.42 Å². The summed E-state index contributed by atoms with van der Waals surface area (Å²) in [6, 6.07) is 8.08. The van der Waals surface area contributed by atoms with E-state index in [1.807, 2.05) is 12.1 Å². The lowest BCUT2D eigenvalue weighted by Gasteiger charge is -2.27. The lowest BCUT2D eigenvalue weighted by molar-refractivity contribution is 0.0266. The average molecular weight is 526 g/mol. The Bertz CT molecular complexity index is 700. The molecule has 1 aliphatic heterocycles. The van der Waals surface area contributed by atoms with E-state index in [1.54, 1.807) is 0 Å². The zero-order valence-electron chi connectivity index (χ0n) is 22.7. The third-order valence-electron chi connectivity index (χ3n) is 7.27. The molecule has 1 heterocycles. The summed E-state index contributed by atoms with van der Waals surface area (Å²) in [5, 5.41) is 0. The van der Waals surface area contributed by atoms with E-state index in [0.717, 1.165) is 19.5 Å². The third-order valence-corrected chi connectivity index (χ3v) is 7.75. The van der Waals surface area contributed by atoms with Gasteiger partial charge in [0.05, 0.1) is 19.3 Å². The summed E-state index contributed by atoms with van der Waals surface area (Å²) < 4.78 is 22.0. The van der Waals surface area contributed by atoms with Crippen LogP contribution in [0.2, 0.25) is 0 Å². The van der Waals surface area contributed by atoms with Crippen LogP contribution in [0.3, 0.4) is 0 Å². The molecule has 0 unspecified atom stereocenters. The molecule has 0 radical (unpaired) electrons. The lowest BCUT2D eigenvalue weighted by atomic mass is 10.0. The summed E-state index contributed by atoms with van der Waals surface area (Å²) in [6.45, 7) is 4.87. The molecule has 0 saturated carbocycles. The molecule has 0 bridgehead atoms. The fourth-order valence-electron chi connectivity index (χ4n) is 5.03. The Kier molecular flexibility index (Phi) is 16.9. The predicted octanol–water partition coefficient (Wildman–Crippen LogP) is 7.76. The molecule has 1 aromatic rings. The van der Waals surface area contributed by atoms with Crippen molar-refractivity contribution in [2.75, 3.05) is 19.8 Å². The first-order valence-corrected chi connectivity index (χ1v) is 16.1. The molecule has 0 saturated heterocycles. The van der Waals surface area contributed by atoms with Gasteiger partial charge in [-0.15, -0.1) is 0 Å². The van der Waals surface area contributed by atoms with Gasteiger partial charge in [0, 0.05) is 19.7 Å². The van der Waals surface area contributed by atoms with Gasteiger partial charge in [0.25, 0.3) is 0 Å². The van der Waals surface area contributed by atoms with E-state index in [9.17, 15) is 4.57 Å². The van der Waals surface area contributed by atoms with E-state index >= 15 is 0 Å². The summed E-state index contributed by atoms with van der Waals surface area (Å²) >= 11 is 0. The van der Waals surface area contributed by atoms with Crippen molar-refractivity contribution in [3.8, 4) is 0 Å². The molecule has 0 aromatic heterocycles. The van der Waals surface area contributed by atoms with Crippen LogP contribution in [0.4, 0.5) is 0 Å². The maximum Gasteiger partial charge on any atom is 0.469 e. The zero-order valence-corrected chi connectivity index (χ0v) is 23.6. The third kappa shape index (κ3) is 14.9. The minimum Gasteiger partial charge on any atom is -0.380 e. The van der Waals surface area contributed by atoms with Crippen molar-refractivity contribution >= 4 is 7.82 Å². The minimum atomic E-state index is -4.49. The first-order chi connectivity index (χ1) is 17.5. The lowest BCUT2D eigenvalue weighted by Crippen LogP contribution is -2.38. The van der Waals surface area contributed by atoms with Gasteiger partial charge in [-0.25, -0.2) is 4.57 Å². The second-order valence-corrected chi connectivity index (χ2v) is 11.7. The number of benzene rings is 1. The van der Waals surface area contributed by atoms with Crippen molar-refractivity contribution in [2.24, 2.45) is 0 Å². The summed E-state index contributed by atoms with van der Waals surface area (Å²) in [6.07, 6.45) is 21.5. The fraction of sp³-hybridized carbons (Fsp3) is 0.793. The quantitative estimate of drug-likeness (QED) is 0.112. The highest BCUT2D eigenvalue weighted by Gasteiger charge is 2.28. The van der Waals surface area contributed by atoms with Gasteiger partial charge in [-0.05, 0) is 17.5 Å². The number of unbranched alkanes of at least 4 members (excludes halogenated alkanes) is 15. The van der Waals surface area contributed by atoms with Gasteiger partial charge >= 0.3 is 7.82 Å². The molecule has 208 valence electrons. The molecular weight excluding hydrogens is 473 g/mol.